The monoisotopic (exact) mass is 370 g/mol. The third kappa shape index (κ3) is 2.94. The summed E-state index contributed by atoms with van der Waals surface area (Å²) in [5, 5.41) is 0. The first-order chi connectivity index (χ1) is 9.02. The molecule has 0 heterocycles. The summed E-state index contributed by atoms with van der Waals surface area (Å²) in [5.74, 6) is 0.0119. The maximum Gasteiger partial charge on any atom is 0.197 e. The largest absolute Gasteiger partial charge is 0.496 e. The Kier molecular flexibility index (Phi) is 4.19. The van der Waals surface area contributed by atoms with E-state index in [1.807, 2.05) is 35.6 Å². The molecule has 19 heavy (non-hydrogen) atoms. The zero-order chi connectivity index (χ0) is 14.0. The van der Waals surface area contributed by atoms with E-state index >= 15 is 0 Å². The number of carbonyl (C=O) groups is 1. The summed E-state index contributed by atoms with van der Waals surface area (Å²) in [6, 6.07) is 9.56. The maximum atomic E-state index is 13.1. The molecule has 0 N–H and O–H groups in total. The van der Waals surface area contributed by atoms with E-state index in [1.54, 1.807) is 12.1 Å². The van der Waals surface area contributed by atoms with Crippen molar-refractivity contribution in [3.63, 3.8) is 0 Å². The average molecular weight is 370 g/mol. The second-order valence-electron chi connectivity index (χ2n) is 4.16. The van der Waals surface area contributed by atoms with Gasteiger partial charge in [-0.15, -0.1) is 0 Å². The van der Waals surface area contributed by atoms with Crippen LogP contribution in [0.3, 0.4) is 0 Å². The molecule has 98 valence electrons. The molecule has 0 aliphatic carbocycles. The maximum absolute atomic E-state index is 13.1. The lowest BCUT2D eigenvalue weighted by Crippen LogP contribution is -2.06. The molecular formula is C15H12FIO2. The third-order valence-electron chi connectivity index (χ3n) is 2.78. The molecule has 0 aromatic heterocycles. The minimum atomic E-state index is -0.350. The highest BCUT2D eigenvalue weighted by Gasteiger charge is 2.17. The van der Waals surface area contributed by atoms with Gasteiger partial charge in [0.25, 0.3) is 0 Å². The fourth-order valence-electron chi connectivity index (χ4n) is 1.82. The molecule has 0 aliphatic rings. The first-order valence-corrected chi connectivity index (χ1v) is 6.75. The molecule has 2 aromatic rings. The van der Waals surface area contributed by atoms with Crippen molar-refractivity contribution < 1.29 is 13.9 Å². The molecule has 0 aliphatic heterocycles. The number of hydrogen-bond donors (Lipinski definition) is 0. The number of halogens is 2. The average Bonchev–Trinajstić information content (AvgIpc) is 2.38. The van der Waals surface area contributed by atoms with Crippen LogP contribution in [0.2, 0.25) is 0 Å². The van der Waals surface area contributed by atoms with Gasteiger partial charge >= 0.3 is 0 Å². The Balaban J connectivity index is 2.52. The van der Waals surface area contributed by atoms with Gasteiger partial charge in [0.05, 0.1) is 12.7 Å². The molecule has 0 unspecified atom stereocenters. The van der Waals surface area contributed by atoms with Crippen LogP contribution in [-0.2, 0) is 0 Å². The molecule has 0 bridgehead atoms. The fourth-order valence-corrected chi connectivity index (χ4v) is 2.54. The van der Waals surface area contributed by atoms with Gasteiger partial charge in [-0.2, -0.15) is 0 Å². The summed E-state index contributed by atoms with van der Waals surface area (Å²) in [5.41, 5.74) is 1.94. The molecule has 0 spiro atoms. The highest BCUT2D eigenvalue weighted by molar-refractivity contribution is 14.1. The van der Waals surface area contributed by atoms with E-state index in [0.29, 0.717) is 20.4 Å². The number of rotatable bonds is 3. The number of methoxy groups -OCH3 is 1. The van der Waals surface area contributed by atoms with Crippen LogP contribution in [0.5, 0.6) is 5.75 Å². The second kappa shape index (κ2) is 5.69. The fraction of sp³-hybridized carbons (Fsp3) is 0.133. The van der Waals surface area contributed by atoms with Gasteiger partial charge in [0.15, 0.2) is 5.78 Å². The van der Waals surface area contributed by atoms with Crippen LogP contribution < -0.4 is 4.74 Å². The first kappa shape index (κ1) is 14.0. The van der Waals surface area contributed by atoms with Crippen LogP contribution in [0.15, 0.2) is 36.4 Å². The quantitative estimate of drug-likeness (QED) is 0.604. The minimum Gasteiger partial charge on any atom is -0.496 e. The van der Waals surface area contributed by atoms with E-state index in [4.69, 9.17) is 4.74 Å². The van der Waals surface area contributed by atoms with E-state index in [0.717, 1.165) is 5.56 Å². The summed E-state index contributed by atoms with van der Waals surface area (Å²) in [7, 11) is 1.52. The number of ether oxygens (including phenoxy) is 1. The summed E-state index contributed by atoms with van der Waals surface area (Å²) < 4.78 is 18.9. The lowest BCUT2D eigenvalue weighted by Gasteiger charge is -2.10. The molecule has 0 atom stereocenters. The molecule has 0 saturated carbocycles. The molecular weight excluding hydrogens is 358 g/mol. The van der Waals surface area contributed by atoms with E-state index in [1.165, 1.54) is 25.3 Å². The van der Waals surface area contributed by atoms with Gasteiger partial charge in [-0.25, -0.2) is 4.39 Å². The summed E-state index contributed by atoms with van der Waals surface area (Å²) in [6.07, 6.45) is 0. The van der Waals surface area contributed by atoms with Crippen molar-refractivity contribution in [3.8, 4) is 5.75 Å². The Morgan fingerprint density at radius 2 is 1.89 bits per heavy atom. The van der Waals surface area contributed by atoms with Gasteiger partial charge in [-0.1, -0.05) is 11.6 Å². The topological polar surface area (TPSA) is 26.3 Å². The summed E-state index contributed by atoms with van der Waals surface area (Å²) in [4.78, 5) is 12.5. The highest BCUT2D eigenvalue weighted by Crippen LogP contribution is 2.25. The van der Waals surface area contributed by atoms with E-state index < -0.39 is 0 Å². The van der Waals surface area contributed by atoms with Gasteiger partial charge in [0.1, 0.15) is 11.6 Å². The van der Waals surface area contributed by atoms with Crippen LogP contribution >= 0.6 is 22.6 Å². The Morgan fingerprint density at radius 1 is 1.16 bits per heavy atom. The van der Waals surface area contributed by atoms with Gasteiger partial charge in [-0.3, -0.25) is 4.79 Å². The van der Waals surface area contributed by atoms with Crippen molar-refractivity contribution in [2.24, 2.45) is 0 Å². The molecule has 0 saturated heterocycles. The zero-order valence-electron chi connectivity index (χ0n) is 10.5. The van der Waals surface area contributed by atoms with Crippen molar-refractivity contribution in [2.45, 2.75) is 6.92 Å². The standard InChI is InChI=1S/C15H12FIO2/c1-9-3-6-14(19-2)12(7-9)15(18)11-5-4-10(16)8-13(11)17/h3-8H,1-2H3. The Bertz CT molecular complexity index is 638. The molecule has 0 amide bonds. The number of carbonyl (C=O) groups excluding carboxylic acids is 1. The van der Waals surface area contributed by atoms with Crippen LogP contribution in [-0.4, -0.2) is 12.9 Å². The smallest absolute Gasteiger partial charge is 0.197 e. The summed E-state index contributed by atoms with van der Waals surface area (Å²) in [6.45, 7) is 1.91. The Morgan fingerprint density at radius 3 is 2.53 bits per heavy atom. The van der Waals surface area contributed by atoms with Gasteiger partial charge < -0.3 is 4.74 Å². The van der Waals surface area contributed by atoms with Crippen LogP contribution in [0.4, 0.5) is 4.39 Å². The Hall–Kier alpha value is -1.43. The zero-order valence-corrected chi connectivity index (χ0v) is 12.7. The number of aryl methyl sites for hydroxylation is 1. The first-order valence-electron chi connectivity index (χ1n) is 5.67. The van der Waals surface area contributed by atoms with Crippen molar-refractivity contribution in [1.82, 2.24) is 0 Å². The van der Waals surface area contributed by atoms with Crippen LogP contribution in [0, 0.1) is 16.3 Å². The number of hydrogen-bond acceptors (Lipinski definition) is 2. The van der Waals surface area contributed by atoms with Gasteiger partial charge in [-0.05, 0) is 59.8 Å². The second-order valence-corrected chi connectivity index (χ2v) is 5.32. The van der Waals surface area contributed by atoms with Gasteiger partial charge in [0.2, 0.25) is 0 Å². The lowest BCUT2D eigenvalue weighted by atomic mass is 10.0. The Labute approximate surface area is 124 Å². The summed E-state index contributed by atoms with van der Waals surface area (Å²) >= 11 is 1.96. The third-order valence-corrected chi connectivity index (χ3v) is 3.67. The van der Waals surface area contributed by atoms with Crippen molar-refractivity contribution in [3.05, 3.63) is 62.5 Å². The molecule has 0 fully saturated rings. The van der Waals surface area contributed by atoms with Crippen molar-refractivity contribution >= 4 is 28.4 Å². The van der Waals surface area contributed by atoms with E-state index in [-0.39, 0.29) is 11.6 Å². The van der Waals surface area contributed by atoms with Crippen LogP contribution in [0.25, 0.3) is 0 Å². The van der Waals surface area contributed by atoms with Crippen molar-refractivity contribution in [2.75, 3.05) is 7.11 Å². The minimum absolute atomic E-state index is 0.162. The lowest BCUT2D eigenvalue weighted by molar-refractivity contribution is 0.103. The van der Waals surface area contributed by atoms with Gasteiger partial charge in [0, 0.05) is 9.13 Å². The molecule has 2 rings (SSSR count). The number of benzene rings is 2. The molecule has 0 radical (unpaired) electrons. The normalized spacial score (nSPS) is 10.3. The van der Waals surface area contributed by atoms with E-state index in [2.05, 4.69) is 0 Å². The van der Waals surface area contributed by atoms with Crippen LogP contribution in [0.1, 0.15) is 21.5 Å². The predicted molar refractivity (Wildman–Crippen MR) is 80.3 cm³/mol. The number of ketones is 1. The SMILES string of the molecule is COc1ccc(C)cc1C(=O)c1ccc(F)cc1I. The molecule has 2 nitrogen and oxygen atoms in total. The molecule has 4 heteroatoms. The van der Waals surface area contributed by atoms with E-state index in [9.17, 15) is 9.18 Å². The highest BCUT2D eigenvalue weighted by atomic mass is 127. The molecule has 2 aromatic carbocycles. The predicted octanol–water partition coefficient (Wildman–Crippen LogP) is 3.98. The van der Waals surface area contributed by atoms with Crippen molar-refractivity contribution in [1.29, 1.82) is 0 Å².